The van der Waals surface area contributed by atoms with Crippen molar-refractivity contribution in [1.29, 1.82) is 0 Å². The van der Waals surface area contributed by atoms with Crippen molar-refractivity contribution in [2.75, 3.05) is 6.54 Å². The van der Waals surface area contributed by atoms with Crippen LogP contribution in [0.3, 0.4) is 0 Å². The fraction of sp³-hybridized carbons (Fsp3) is 0.333. The zero-order valence-corrected chi connectivity index (χ0v) is 14.0. The fourth-order valence-electron chi connectivity index (χ4n) is 2.56. The Labute approximate surface area is 137 Å². The molecule has 0 aliphatic rings. The molecule has 1 nitrogen and oxygen atoms in total. The van der Waals surface area contributed by atoms with Crippen molar-refractivity contribution in [1.82, 2.24) is 5.32 Å². The van der Waals surface area contributed by atoms with Crippen LogP contribution in [0.1, 0.15) is 43.0 Å². The van der Waals surface area contributed by atoms with Crippen molar-refractivity contribution < 1.29 is 0 Å². The van der Waals surface area contributed by atoms with Gasteiger partial charge in [0.2, 0.25) is 0 Å². The number of aryl methyl sites for hydroxylation is 1. The number of rotatable bonds is 6. The molecule has 1 N–H and O–H groups in total. The summed E-state index contributed by atoms with van der Waals surface area (Å²) in [6.07, 6.45) is 2.07. The Hall–Kier alpha value is -1.02. The van der Waals surface area contributed by atoms with E-state index in [1.807, 2.05) is 18.2 Å². The first kappa shape index (κ1) is 16.4. The molecule has 1 unspecified atom stereocenters. The second-order valence-corrected chi connectivity index (χ2v) is 5.87. The molecule has 2 aromatic carbocycles. The van der Waals surface area contributed by atoms with E-state index in [0.717, 1.165) is 24.9 Å². The Balaban J connectivity index is 2.50. The number of hydrogen-bond donors (Lipinski definition) is 1. The summed E-state index contributed by atoms with van der Waals surface area (Å²) in [5.74, 6) is 0. The monoisotopic (exact) mass is 321 g/mol. The lowest BCUT2D eigenvalue weighted by molar-refractivity contribution is 0.595. The van der Waals surface area contributed by atoms with Crippen LogP contribution in [0.2, 0.25) is 10.0 Å². The SMILES string of the molecule is CCCNC(c1ccccc1CC)c1cccc(Cl)c1Cl. The Morgan fingerprint density at radius 3 is 2.38 bits per heavy atom. The van der Waals surface area contributed by atoms with E-state index in [4.69, 9.17) is 23.2 Å². The highest BCUT2D eigenvalue weighted by molar-refractivity contribution is 6.42. The molecule has 0 aromatic heterocycles. The van der Waals surface area contributed by atoms with E-state index in [1.54, 1.807) is 0 Å². The maximum Gasteiger partial charge on any atom is 0.0643 e. The van der Waals surface area contributed by atoms with E-state index in [2.05, 4.69) is 43.4 Å². The lowest BCUT2D eigenvalue weighted by Crippen LogP contribution is -2.24. The molecule has 0 bridgehead atoms. The molecule has 2 aromatic rings. The third kappa shape index (κ3) is 3.79. The molecule has 21 heavy (non-hydrogen) atoms. The summed E-state index contributed by atoms with van der Waals surface area (Å²) in [6, 6.07) is 14.4. The molecule has 1 atom stereocenters. The van der Waals surface area contributed by atoms with Crippen LogP contribution in [0.15, 0.2) is 42.5 Å². The first-order chi connectivity index (χ1) is 10.2. The van der Waals surface area contributed by atoms with Gasteiger partial charge in [-0.3, -0.25) is 0 Å². The molecular formula is C18H21Cl2N. The van der Waals surface area contributed by atoms with Gasteiger partial charge in [0.05, 0.1) is 16.1 Å². The van der Waals surface area contributed by atoms with E-state index in [9.17, 15) is 0 Å². The van der Waals surface area contributed by atoms with Gasteiger partial charge in [-0.1, -0.05) is 73.4 Å². The summed E-state index contributed by atoms with van der Waals surface area (Å²) in [6.45, 7) is 5.27. The normalized spacial score (nSPS) is 12.4. The maximum absolute atomic E-state index is 6.44. The minimum Gasteiger partial charge on any atom is -0.306 e. The van der Waals surface area contributed by atoms with E-state index < -0.39 is 0 Å². The summed E-state index contributed by atoms with van der Waals surface area (Å²) in [5.41, 5.74) is 3.65. The Bertz CT molecular complexity index is 596. The molecule has 2 rings (SSSR count). The molecule has 0 spiro atoms. The quantitative estimate of drug-likeness (QED) is 0.725. The van der Waals surface area contributed by atoms with Crippen molar-refractivity contribution in [2.45, 2.75) is 32.7 Å². The predicted molar refractivity (Wildman–Crippen MR) is 92.4 cm³/mol. The van der Waals surface area contributed by atoms with Crippen LogP contribution in [0.4, 0.5) is 0 Å². The van der Waals surface area contributed by atoms with Crippen LogP contribution < -0.4 is 5.32 Å². The van der Waals surface area contributed by atoms with Crippen LogP contribution in [0.5, 0.6) is 0 Å². The van der Waals surface area contributed by atoms with Crippen molar-refractivity contribution in [2.24, 2.45) is 0 Å². The van der Waals surface area contributed by atoms with Crippen molar-refractivity contribution in [3.05, 3.63) is 69.2 Å². The fourth-order valence-corrected chi connectivity index (χ4v) is 2.97. The summed E-state index contributed by atoms with van der Waals surface area (Å²) in [5, 5.41) is 4.84. The zero-order valence-electron chi connectivity index (χ0n) is 12.5. The largest absolute Gasteiger partial charge is 0.306 e. The lowest BCUT2D eigenvalue weighted by Gasteiger charge is -2.23. The van der Waals surface area contributed by atoms with E-state index >= 15 is 0 Å². The summed E-state index contributed by atoms with van der Waals surface area (Å²) < 4.78 is 0. The predicted octanol–water partition coefficient (Wildman–Crippen LogP) is 5.64. The molecular weight excluding hydrogens is 301 g/mol. The zero-order chi connectivity index (χ0) is 15.2. The average molecular weight is 322 g/mol. The molecule has 0 aliphatic heterocycles. The Morgan fingerprint density at radius 1 is 0.952 bits per heavy atom. The molecule has 0 amide bonds. The van der Waals surface area contributed by atoms with E-state index in [-0.39, 0.29) is 6.04 Å². The van der Waals surface area contributed by atoms with Crippen LogP contribution in [0.25, 0.3) is 0 Å². The molecule has 0 saturated heterocycles. The van der Waals surface area contributed by atoms with Crippen LogP contribution in [-0.2, 0) is 6.42 Å². The van der Waals surface area contributed by atoms with Gasteiger partial charge in [0, 0.05) is 0 Å². The summed E-state index contributed by atoms with van der Waals surface area (Å²) in [4.78, 5) is 0. The molecule has 0 fully saturated rings. The van der Waals surface area contributed by atoms with E-state index in [0.29, 0.717) is 10.0 Å². The van der Waals surface area contributed by atoms with Gasteiger partial charge in [0.25, 0.3) is 0 Å². The average Bonchev–Trinajstić information content (AvgIpc) is 2.52. The highest BCUT2D eigenvalue weighted by atomic mass is 35.5. The Morgan fingerprint density at radius 2 is 1.67 bits per heavy atom. The van der Waals surface area contributed by atoms with Crippen molar-refractivity contribution in [3.63, 3.8) is 0 Å². The van der Waals surface area contributed by atoms with Crippen LogP contribution in [0, 0.1) is 0 Å². The topological polar surface area (TPSA) is 12.0 Å². The molecule has 0 aliphatic carbocycles. The third-order valence-electron chi connectivity index (χ3n) is 3.64. The van der Waals surface area contributed by atoms with Crippen molar-refractivity contribution in [3.8, 4) is 0 Å². The number of nitrogens with one attached hydrogen (secondary N) is 1. The number of benzene rings is 2. The van der Waals surface area contributed by atoms with Crippen molar-refractivity contribution >= 4 is 23.2 Å². The molecule has 0 saturated carbocycles. The minimum atomic E-state index is 0.0762. The van der Waals surface area contributed by atoms with Crippen LogP contribution in [-0.4, -0.2) is 6.54 Å². The number of halogens is 2. The molecule has 3 heteroatoms. The Kier molecular flexibility index (Phi) is 6.10. The first-order valence-corrected chi connectivity index (χ1v) is 8.19. The summed E-state index contributed by atoms with van der Waals surface area (Å²) in [7, 11) is 0. The van der Waals surface area contributed by atoms with Gasteiger partial charge in [-0.05, 0) is 42.1 Å². The molecule has 112 valence electrons. The van der Waals surface area contributed by atoms with E-state index in [1.165, 1.54) is 11.1 Å². The highest BCUT2D eigenvalue weighted by Gasteiger charge is 2.19. The minimum absolute atomic E-state index is 0.0762. The molecule has 0 heterocycles. The lowest BCUT2D eigenvalue weighted by atomic mass is 9.93. The second-order valence-electron chi connectivity index (χ2n) is 5.08. The van der Waals surface area contributed by atoms with Gasteiger partial charge < -0.3 is 5.32 Å². The maximum atomic E-state index is 6.44. The molecule has 0 radical (unpaired) electrons. The smallest absolute Gasteiger partial charge is 0.0643 e. The van der Waals surface area contributed by atoms with Gasteiger partial charge in [-0.2, -0.15) is 0 Å². The van der Waals surface area contributed by atoms with Crippen LogP contribution >= 0.6 is 23.2 Å². The third-order valence-corrected chi connectivity index (χ3v) is 4.47. The standard InChI is InChI=1S/C18H21Cl2N/c1-3-12-21-18(14-9-6-5-8-13(14)4-2)15-10-7-11-16(19)17(15)20/h5-11,18,21H,3-4,12H2,1-2H3. The highest BCUT2D eigenvalue weighted by Crippen LogP contribution is 2.34. The first-order valence-electron chi connectivity index (χ1n) is 7.44. The number of hydrogen-bond acceptors (Lipinski definition) is 1. The van der Waals surface area contributed by atoms with Gasteiger partial charge in [0.1, 0.15) is 0 Å². The van der Waals surface area contributed by atoms with Gasteiger partial charge >= 0.3 is 0 Å². The van der Waals surface area contributed by atoms with Gasteiger partial charge in [0.15, 0.2) is 0 Å². The summed E-state index contributed by atoms with van der Waals surface area (Å²) >= 11 is 12.6. The van der Waals surface area contributed by atoms with Gasteiger partial charge in [-0.15, -0.1) is 0 Å². The second kappa shape index (κ2) is 7.84. The van der Waals surface area contributed by atoms with Gasteiger partial charge in [-0.25, -0.2) is 0 Å².